The Morgan fingerprint density at radius 1 is 1.04 bits per heavy atom. The van der Waals surface area contributed by atoms with Crippen LogP contribution in [0.4, 0.5) is 8.78 Å². The van der Waals surface area contributed by atoms with Crippen LogP contribution in [0.15, 0.2) is 54.6 Å². The van der Waals surface area contributed by atoms with E-state index in [0.717, 1.165) is 30.7 Å². The van der Waals surface area contributed by atoms with Gasteiger partial charge >= 0.3 is 0 Å². The van der Waals surface area contributed by atoms with Gasteiger partial charge in [-0.25, -0.2) is 8.78 Å². The molecular weight excluding hydrogens is 334 g/mol. The van der Waals surface area contributed by atoms with E-state index in [0.29, 0.717) is 23.4 Å². The SMILES string of the molecule is Cc1c(C(N)=O)cc(-c2ccc(F)c(F)c2)n1CCCc1ccccc1. The number of aromatic nitrogens is 1. The van der Waals surface area contributed by atoms with Gasteiger partial charge in [0.2, 0.25) is 0 Å². The van der Waals surface area contributed by atoms with Gasteiger partial charge in [0, 0.05) is 23.5 Å². The zero-order valence-electron chi connectivity index (χ0n) is 14.5. The lowest BCUT2D eigenvalue weighted by atomic mass is 10.1. The predicted molar refractivity (Wildman–Crippen MR) is 97.8 cm³/mol. The maximum Gasteiger partial charge on any atom is 0.250 e. The first-order valence-corrected chi connectivity index (χ1v) is 8.46. The van der Waals surface area contributed by atoms with Crippen LogP contribution in [0, 0.1) is 18.6 Å². The molecule has 2 aromatic carbocycles. The Morgan fingerprint density at radius 3 is 2.42 bits per heavy atom. The third kappa shape index (κ3) is 3.67. The molecule has 26 heavy (non-hydrogen) atoms. The Bertz CT molecular complexity index is 933. The molecule has 0 aliphatic rings. The topological polar surface area (TPSA) is 48.0 Å². The average molecular weight is 354 g/mol. The summed E-state index contributed by atoms with van der Waals surface area (Å²) in [5.74, 6) is -2.35. The number of carbonyl (C=O) groups is 1. The summed E-state index contributed by atoms with van der Waals surface area (Å²) in [5, 5.41) is 0. The third-order valence-corrected chi connectivity index (χ3v) is 4.54. The van der Waals surface area contributed by atoms with Crippen molar-refractivity contribution in [1.29, 1.82) is 0 Å². The fraction of sp³-hybridized carbons (Fsp3) is 0.190. The van der Waals surface area contributed by atoms with Crippen molar-refractivity contribution in [3.63, 3.8) is 0 Å². The molecule has 0 saturated heterocycles. The number of primary amides is 1. The van der Waals surface area contributed by atoms with E-state index in [4.69, 9.17) is 5.73 Å². The van der Waals surface area contributed by atoms with Gasteiger partial charge in [-0.2, -0.15) is 0 Å². The number of nitrogens with zero attached hydrogens (tertiary/aromatic N) is 1. The monoisotopic (exact) mass is 354 g/mol. The largest absolute Gasteiger partial charge is 0.366 e. The van der Waals surface area contributed by atoms with E-state index in [9.17, 15) is 13.6 Å². The van der Waals surface area contributed by atoms with E-state index in [1.165, 1.54) is 11.6 Å². The van der Waals surface area contributed by atoms with Gasteiger partial charge in [-0.05, 0) is 49.6 Å². The number of nitrogens with two attached hydrogens (primary N) is 1. The second kappa shape index (κ2) is 7.52. The molecule has 0 spiro atoms. The second-order valence-electron chi connectivity index (χ2n) is 6.26. The van der Waals surface area contributed by atoms with E-state index >= 15 is 0 Å². The molecule has 0 aliphatic carbocycles. The fourth-order valence-corrected chi connectivity index (χ4v) is 3.16. The number of amides is 1. The Labute approximate surface area is 151 Å². The molecule has 0 atom stereocenters. The van der Waals surface area contributed by atoms with Crippen molar-refractivity contribution in [3.8, 4) is 11.3 Å². The number of carbonyl (C=O) groups excluding carboxylic acids is 1. The lowest BCUT2D eigenvalue weighted by molar-refractivity contribution is 0.0999. The minimum atomic E-state index is -0.919. The van der Waals surface area contributed by atoms with E-state index in [1.54, 1.807) is 6.07 Å². The van der Waals surface area contributed by atoms with Crippen molar-refractivity contribution in [2.75, 3.05) is 0 Å². The van der Waals surface area contributed by atoms with Gasteiger partial charge in [0.05, 0.1) is 5.56 Å². The summed E-state index contributed by atoms with van der Waals surface area (Å²) in [7, 11) is 0. The normalized spacial score (nSPS) is 10.9. The minimum absolute atomic E-state index is 0.393. The van der Waals surface area contributed by atoms with Crippen molar-refractivity contribution in [2.24, 2.45) is 5.73 Å². The first kappa shape index (κ1) is 17.9. The van der Waals surface area contributed by atoms with Crippen LogP contribution in [-0.4, -0.2) is 10.5 Å². The number of rotatable bonds is 6. The summed E-state index contributed by atoms with van der Waals surface area (Å²) in [5.41, 5.74) is 8.98. The molecule has 5 heteroatoms. The number of hydrogen-bond donors (Lipinski definition) is 1. The summed E-state index contributed by atoms with van der Waals surface area (Å²) in [4.78, 5) is 11.7. The Balaban J connectivity index is 1.91. The molecule has 134 valence electrons. The number of halogens is 2. The van der Waals surface area contributed by atoms with Crippen LogP contribution in [0.1, 0.15) is 28.0 Å². The lowest BCUT2D eigenvalue weighted by Crippen LogP contribution is -2.12. The number of hydrogen-bond acceptors (Lipinski definition) is 1. The Morgan fingerprint density at radius 2 is 1.77 bits per heavy atom. The van der Waals surface area contributed by atoms with Gasteiger partial charge in [0.15, 0.2) is 11.6 Å². The predicted octanol–water partition coefficient (Wildman–Crippen LogP) is 4.47. The van der Waals surface area contributed by atoms with Crippen molar-refractivity contribution < 1.29 is 13.6 Å². The van der Waals surface area contributed by atoms with E-state index in [1.807, 2.05) is 29.7 Å². The fourth-order valence-electron chi connectivity index (χ4n) is 3.16. The molecule has 0 saturated carbocycles. The average Bonchev–Trinajstić information content (AvgIpc) is 2.95. The molecule has 1 amide bonds. The molecule has 1 heterocycles. The van der Waals surface area contributed by atoms with Gasteiger partial charge in [0.25, 0.3) is 5.91 Å². The van der Waals surface area contributed by atoms with Gasteiger partial charge in [-0.1, -0.05) is 30.3 Å². The molecule has 0 radical (unpaired) electrons. The van der Waals surface area contributed by atoms with Gasteiger partial charge < -0.3 is 10.3 Å². The molecule has 0 unspecified atom stereocenters. The molecule has 0 fully saturated rings. The zero-order valence-corrected chi connectivity index (χ0v) is 14.5. The minimum Gasteiger partial charge on any atom is -0.366 e. The van der Waals surface area contributed by atoms with Crippen LogP contribution in [0.2, 0.25) is 0 Å². The quantitative estimate of drug-likeness (QED) is 0.697. The molecule has 3 nitrogen and oxygen atoms in total. The van der Waals surface area contributed by atoms with Crippen LogP contribution < -0.4 is 5.73 Å². The molecule has 1 aromatic heterocycles. The van der Waals surface area contributed by atoms with Crippen molar-refractivity contribution in [2.45, 2.75) is 26.3 Å². The molecule has 3 aromatic rings. The summed E-state index contributed by atoms with van der Waals surface area (Å²) < 4.78 is 28.9. The zero-order chi connectivity index (χ0) is 18.7. The second-order valence-corrected chi connectivity index (χ2v) is 6.26. The van der Waals surface area contributed by atoms with Gasteiger partial charge in [-0.15, -0.1) is 0 Å². The Kier molecular flexibility index (Phi) is 5.16. The number of benzene rings is 2. The van der Waals surface area contributed by atoms with Crippen molar-refractivity contribution in [1.82, 2.24) is 4.57 Å². The van der Waals surface area contributed by atoms with Crippen molar-refractivity contribution >= 4 is 5.91 Å². The van der Waals surface area contributed by atoms with E-state index in [-0.39, 0.29) is 0 Å². The van der Waals surface area contributed by atoms with Crippen molar-refractivity contribution in [3.05, 3.63) is 83.1 Å². The summed E-state index contributed by atoms with van der Waals surface area (Å²) in [6.07, 6.45) is 1.72. The third-order valence-electron chi connectivity index (χ3n) is 4.54. The van der Waals surface area contributed by atoms with Crippen LogP contribution in [0.5, 0.6) is 0 Å². The van der Waals surface area contributed by atoms with Gasteiger partial charge in [0.1, 0.15) is 0 Å². The smallest absolute Gasteiger partial charge is 0.250 e. The number of aryl methyl sites for hydroxylation is 1. The van der Waals surface area contributed by atoms with Crippen LogP contribution in [0.25, 0.3) is 11.3 Å². The van der Waals surface area contributed by atoms with Crippen LogP contribution in [-0.2, 0) is 13.0 Å². The first-order valence-electron chi connectivity index (χ1n) is 8.46. The van der Waals surface area contributed by atoms with E-state index in [2.05, 4.69) is 12.1 Å². The highest BCUT2D eigenvalue weighted by Gasteiger charge is 2.17. The summed E-state index contributed by atoms with van der Waals surface area (Å²) >= 11 is 0. The lowest BCUT2D eigenvalue weighted by Gasteiger charge is -2.12. The van der Waals surface area contributed by atoms with E-state index < -0.39 is 17.5 Å². The van der Waals surface area contributed by atoms with Crippen LogP contribution in [0.3, 0.4) is 0 Å². The van der Waals surface area contributed by atoms with Gasteiger partial charge in [-0.3, -0.25) is 4.79 Å². The highest BCUT2D eigenvalue weighted by Crippen LogP contribution is 2.27. The maximum absolute atomic E-state index is 13.7. The summed E-state index contributed by atoms with van der Waals surface area (Å²) in [6, 6.07) is 15.5. The highest BCUT2D eigenvalue weighted by atomic mass is 19.2. The first-order chi connectivity index (χ1) is 12.5. The molecular formula is C21H20F2N2O. The molecule has 0 aliphatic heterocycles. The molecule has 0 bridgehead atoms. The molecule has 3 rings (SSSR count). The maximum atomic E-state index is 13.7. The van der Waals surface area contributed by atoms with Crippen LogP contribution >= 0.6 is 0 Å². The Hall–Kier alpha value is -2.95. The standard InChI is InChI=1S/C21H20F2N2O/c1-14-17(21(24)26)13-20(16-9-10-18(22)19(23)12-16)25(14)11-5-8-15-6-3-2-4-7-15/h2-4,6-7,9-10,12-13H,5,8,11H2,1H3,(H2,24,26). The highest BCUT2D eigenvalue weighted by molar-refractivity contribution is 5.95. The molecule has 2 N–H and O–H groups in total. The summed E-state index contributed by atoms with van der Waals surface area (Å²) in [6.45, 7) is 2.45.